The van der Waals surface area contributed by atoms with Gasteiger partial charge in [0.05, 0.1) is 6.54 Å². The summed E-state index contributed by atoms with van der Waals surface area (Å²) in [5, 5.41) is 2.71. The van der Waals surface area contributed by atoms with Gasteiger partial charge in [-0.1, -0.05) is 48.0 Å². The van der Waals surface area contributed by atoms with E-state index in [2.05, 4.69) is 5.32 Å². The average Bonchev–Trinajstić information content (AvgIpc) is 2.58. The molecule has 0 aliphatic heterocycles. The molecule has 0 aliphatic carbocycles. The van der Waals surface area contributed by atoms with E-state index < -0.39 is 0 Å². The Kier molecular flexibility index (Phi) is 6.13. The van der Waals surface area contributed by atoms with Gasteiger partial charge in [-0.25, -0.2) is 0 Å². The van der Waals surface area contributed by atoms with Gasteiger partial charge in [0.25, 0.3) is 5.91 Å². The molecule has 0 unspecified atom stereocenters. The summed E-state index contributed by atoms with van der Waals surface area (Å²) in [4.78, 5) is 26.4. The highest BCUT2D eigenvalue weighted by Gasteiger charge is 2.18. The lowest BCUT2D eigenvalue weighted by Gasteiger charge is -2.27. The molecule has 0 aromatic heterocycles. The van der Waals surface area contributed by atoms with E-state index in [0.717, 1.165) is 11.1 Å². The first-order valence-corrected chi connectivity index (χ1v) is 8.15. The topological polar surface area (TPSA) is 49.4 Å². The van der Waals surface area contributed by atoms with Crippen molar-refractivity contribution in [3.63, 3.8) is 0 Å². The van der Waals surface area contributed by atoms with Crippen LogP contribution in [0.15, 0.2) is 54.6 Å². The summed E-state index contributed by atoms with van der Waals surface area (Å²) in [6.07, 6.45) is 0. The quantitative estimate of drug-likeness (QED) is 0.887. The highest BCUT2D eigenvalue weighted by molar-refractivity contribution is 5.96. The fourth-order valence-corrected chi connectivity index (χ4v) is 2.40. The normalized spacial score (nSPS) is 10.5. The van der Waals surface area contributed by atoms with Gasteiger partial charge >= 0.3 is 0 Å². The van der Waals surface area contributed by atoms with Crippen LogP contribution in [0.4, 0.5) is 0 Å². The summed E-state index contributed by atoms with van der Waals surface area (Å²) in [5.74, 6) is -0.318. The van der Waals surface area contributed by atoms with Crippen molar-refractivity contribution in [2.24, 2.45) is 0 Å². The van der Waals surface area contributed by atoms with Crippen molar-refractivity contribution in [3.05, 3.63) is 71.3 Å². The van der Waals surface area contributed by atoms with Crippen LogP contribution < -0.4 is 5.32 Å². The van der Waals surface area contributed by atoms with Gasteiger partial charge in [-0.2, -0.15) is 0 Å². The first-order chi connectivity index (χ1) is 11.5. The van der Waals surface area contributed by atoms with Gasteiger partial charge in [0, 0.05) is 18.2 Å². The number of amides is 2. The fraction of sp³-hybridized carbons (Fsp3) is 0.300. The van der Waals surface area contributed by atoms with Crippen molar-refractivity contribution >= 4 is 11.8 Å². The molecule has 0 bridgehead atoms. The molecule has 0 spiro atoms. The predicted octanol–water partition coefficient (Wildman–Crippen LogP) is 3.16. The zero-order valence-electron chi connectivity index (χ0n) is 14.5. The second-order valence-electron chi connectivity index (χ2n) is 6.15. The summed E-state index contributed by atoms with van der Waals surface area (Å²) in [5.41, 5.74) is 2.73. The van der Waals surface area contributed by atoms with Crippen LogP contribution >= 0.6 is 0 Å². The van der Waals surface area contributed by atoms with Crippen LogP contribution in [0.3, 0.4) is 0 Å². The molecule has 2 aromatic carbocycles. The largest absolute Gasteiger partial charge is 0.343 e. The van der Waals surface area contributed by atoms with Crippen LogP contribution in [0.25, 0.3) is 0 Å². The third kappa shape index (κ3) is 4.95. The number of nitrogens with one attached hydrogen (secondary N) is 1. The molecule has 126 valence electrons. The lowest BCUT2D eigenvalue weighted by atomic mass is 10.1. The number of benzene rings is 2. The molecule has 4 heteroatoms. The van der Waals surface area contributed by atoms with Gasteiger partial charge < -0.3 is 10.2 Å². The molecule has 0 fully saturated rings. The number of rotatable bonds is 6. The van der Waals surface area contributed by atoms with Crippen molar-refractivity contribution in [2.45, 2.75) is 33.4 Å². The smallest absolute Gasteiger partial charge is 0.251 e. The van der Waals surface area contributed by atoms with Crippen molar-refractivity contribution in [1.29, 1.82) is 0 Å². The van der Waals surface area contributed by atoms with Gasteiger partial charge in [0.1, 0.15) is 0 Å². The maximum atomic E-state index is 12.5. The zero-order valence-corrected chi connectivity index (χ0v) is 14.5. The lowest BCUT2D eigenvalue weighted by Crippen LogP contribution is -2.43. The van der Waals surface area contributed by atoms with E-state index in [0.29, 0.717) is 12.1 Å². The maximum absolute atomic E-state index is 12.5. The molecule has 0 heterocycles. The van der Waals surface area contributed by atoms with Gasteiger partial charge in [0.15, 0.2) is 0 Å². The van der Waals surface area contributed by atoms with E-state index in [1.807, 2.05) is 63.2 Å². The van der Waals surface area contributed by atoms with Crippen LogP contribution in [0.5, 0.6) is 0 Å². The lowest BCUT2D eigenvalue weighted by molar-refractivity contribution is -0.132. The highest BCUT2D eigenvalue weighted by atomic mass is 16.2. The van der Waals surface area contributed by atoms with Gasteiger partial charge in [0.2, 0.25) is 5.91 Å². The Balaban J connectivity index is 1.95. The van der Waals surface area contributed by atoms with Gasteiger partial charge in [-0.15, -0.1) is 0 Å². The molecule has 0 radical (unpaired) electrons. The van der Waals surface area contributed by atoms with E-state index in [1.54, 1.807) is 17.0 Å². The minimum atomic E-state index is -0.230. The Morgan fingerprint density at radius 1 is 1.00 bits per heavy atom. The number of nitrogens with zero attached hydrogens (tertiary/aromatic N) is 1. The summed E-state index contributed by atoms with van der Waals surface area (Å²) < 4.78 is 0. The molecular formula is C20H24N2O2. The molecule has 0 aliphatic rings. The third-order valence-electron chi connectivity index (χ3n) is 3.85. The number of hydrogen-bond donors (Lipinski definition) is 1. The van der Waals surface area contributed by atoms with E-state index in [-0.39, 0.29) is 24.4 Å². The second kappa shape index (κ2) is 8.29. The number of hydrogen-bond acceptors (Lipinski definition) is 2. The fourth-order valence-electron chi connectivity index (χ4n) is 2.40. The van der Waals surface area contributed by atoms with Crippen LogP contribution in [-0.4, -0.2) is 29.3 Å². The molecule has 2 rings (SSSR count). The van der Waals surface area contributed by atoms with Crippen molar-refractivity contribution < 1.29 is 9.59 Å². The molecule has 0 atom stereocenters. The highest BCUT2D eigenvalue weighted by Crippen LogP contribution is 2.09. The minimum absolute atomic E-state index is 0.00226. The number of aryl methyl sites for hydroxylation is 1. The van der Waals surface area contributed by atoms with Crippen LogP contribution in [0, 0.1) is 6.92 Å². The zero-order chi connectivity index (χ0) is 17.5. The Labute approximate surface area is 143 Å². The summed E-state index contributed by atoms with van der Waals surface area (Å²) in [6, 6.07) is 17.2. The van der Waals surface area contributed by atoms with E-state index >= 15 is 0 Å². The van der Waals surface area contributed by atoms with E-state index in [1.165, 1.54) is 0 Å². The third-order valence-corrected chi connectivity index (χ3v) is 3.85. The van der Waals surface area contributed by atoms with E-state index in [4.69, 9.17) is 0 Å². The van der Waals surface area contributed by atoms with E-state index in [9.17, 15) is 9.59 Å². The van der Waals surface area contributed by atoms with Crippen LogP contribution in [-0.2, 0) is 11.3 Å². The summed E-state index contributed by atoms with van der Waals surface area (Å²) in [7, 11) is 0. The average molecular weight is 324 g/mol. The van der Waals surface area contributed by atoms with Gasteiger partial charge in [-0.05, 0) is 38.5 Å². The molecule has 2 aromatic rings. The number of carbonyl (C=O) groups excluding carboxylic acids is 2. The van der Waals surface area contributed by atoms with Crippen molar-refractivity contribution in [2.75, 3.05) is 6.54 Å². The summed E-state index contributed by atoms with van der Waals surface area (Å²) in [6.45, 7) is 6.45. The monoisotopic (exact) mass is 324 g/mol. The Hall–Kier alpha value is -2.62. The minimum Gasteiger partial charge on any atom is -0.343 e. The first-order valence-electron chi connectivity index (χ1n) is 8.15. The Morgan fingerprint density at radius 3 is 2.21 bits per heavy atom. The predicted molar refractivity (Wildman–Crippen MR) is 95.6 cm³/mol. The Bertz CT molecular complexity index is 679. The molecule has 0 saturated carbocycles. The summed E-state index contributed by atoms with van der Waals surface area (Å²) >= 11 is 0. The molecule has 4 nitrogen and oxygen atoms in total. The molecule has 0 saturated heterocycles. The van der Waals surface area contributed by atoms with Crippen molar-refractivity contribution in [1.82, 2.24) is 10.2 Å². The Morgan fingerprint density at radius 2 is 1.62 bits per heavy atom. The first kappa shape index (κ1) is 17.7. The maximum Gasteiger partial charge on any atom is 0.251 e. The molecular weight excluding hydrogens is 300 g/mol. The number of carbonyl (C=O) groups is 2. The standard InChI is InChI=1S/C20H24N2O2/c1-15(2)22(14-17-7-5-4-6-8-17)19(23)13-21-20(24)18-11-9-16(3)10-12-18/h4-12,15H,13-14H2,1-3H3,(H,21,24). The molecule has 1 N–H and O–H groups in total. The SMILES string of the molecule is Cc1ccc(C(=O)NCC(=O)N(Cc2ccccc2)C(C)C)cc1. The molecule has 24 heavy (non-hydrogen) atoms. The second-order valence-corrected chi connectivity index (χ2v) is 6.15. The van der Waals surface area contributed by atoms with Crippen LogP contribution in [0.1, 0.15) is 35.3 Å². The van der Waals surface area contributed by atoms with Gasteiger partial charge in [-0.3, -0.25) is 9.59 Å². The molecule has 2 amide bonds. The van der Waals surface area contributed by atoms with Crippen LogP contribution in [0.2, 0.25) is 0 Å². The van der Waals surface area contributed by atoms with Crippen molar-refractivity contribution in [3.8, 4) is 0 Å².